The summed E-state index contributed by atoms with van der Waals surface area (Å²) in [5, 5.41) is 4.03. The summed E-state index contributed by atoms with van der Waals surface area (Å²) in [7, 11) is 1.74. The van der Waals surface area contributed by atoms with Crippen molar-refractivity contribution in [2.24, 2.45) is 0 Å². The molecule has 0 saturated carbocycles. The van der Waals surface area contributed by atoms with E-state index >= 15 is 0 Å². The van der Waals surface area contributed by atoms with Crippen LogP contribution >= 0.6 is 0 Å². The SMILES string of the molecule is CN(Cc1ccco1)C(=O)NCc1cc2ccccc2[nH]1. The number of nitrogens with zero attached hydrogens (tertiary/aromatic N) is 1. The van der Waals surface area contributed by atoms with Crippen molar-refractivity contribution in [3.8, 4) is 0 Å². The van der Waals surface area contributed by atoms with Crippen LogP contribution in [-0.2, 0) is 13.1 Å². The van der Waals surface area contributed by atoms with E-state index in [1.807, 2.05) is 42.5 Å². The predicted molar refractivity (Wildman–Crippen MR) is 80.7 cm³/mol. The fourth-order valence-corrected chi connectivity index (χ4v) is 2.24. The maximum atomic E-state index is 12.0. The molecule has 0 aliphatic heterocycles. The Morgan fingerprint density at radius 2 is 2.14 bits per heavy atom. The second kappa shape index (κ2) is 5.75. The molecule has 5 heteroatoms. The Labute approximate surface area is 122 Å². The zero-order valence-corrected chi connectivity index (χ0v) is 11.8. The van der Waals surface area contributed by atoms with Gasteiger partial charge in [0.25, 0.3) is 0 Å². The lowest BCUT2D eigenvalue weighted by molar-refractivity contribution is 0.202. The van der Waals surface area contributed by atoms with Crippen LogP contribution < -0.4 is 5.32 Å². The largest absolute Gasteiger partial charge is 0.467 e. The topological polar surface area (TPSA) is 61.3 Å². The van der Waals surface area contributed by atoms with Crippen molar-refractivity contribution in [1.82, 2.24) is 15.2 Å². The molecule has 0 spiro atoms. The summed E-state index contributed by atoms with van der Waals surface area (Å²) < 4.78 is 5.23. The number of H-pyrrole nitrogens is 1. The smallest absolute Gasteiger partial charge is 0.317 e. The molecule has 5 nitrogen and oxygen atoms in total. The van der Waals surface area contributed by atoms with Crippen molar-refractivity contribution in [3.63, 3.8) is 0 Å². The van der Waals surface area contributed by atoms with E-state index in [0.717, 1.165) is 22.4 Å². The average Bonchev–Trinajstić information content (AvgIpc) is 3.13. The van der Waals surface area contributed by atoms with Crippen molar-refractivity contribution in [3.05, 3.63) is 60.2 Å². The highest BCUT2D eigenvalue weighted by Crippen LogP contribution is 2.14. The number of para-hydroxylation sites is 1. The third-order valence-corrected chi connectivity index (χ3v) is 3.34. The van der Waals surface area contributed by atoms with Gasteiger partial charge in [0.2, 0.25) is 0 Å². The van der Waals surface area contributed by atoms with Crippen molar-refractivity contribution >= 4 is 16.9 Å². The van der Waals surface area contributed by atoms with Crippen LogP contribution in [-0.4, -0.2) is 23.0 Å². The minimum absolute atomic E-state index is 0.134. The summed E-state index contributed by atoms with van der Waals surface area (Å²) in [5.74, 6) is 0.762. The van der Waals surface area contributed by atoms with E-state index in [2.05, 4.69) is 10.3 Å². The Bertz CT molecular complexity index is 698. The summed E-state index contributed by atoms with van der Waals surface area (Å²) >= 11 is 0. The molecule has 0 aliphatic rings. The van der Waals surface area contributed by atoms with E-state index in [9.17, 15) is 4.79 Å². The van der Waals surface area contributed by atoms with Gasteiger partial charge in [-0.25, -0.2) is 4.79 Å². The van der Waals surface area contributed by atoms with Gasteiger partial charge in [-0.15, -0.1) is 0 Å². The maximum Gasteiger partial charge on any atom is 0.317 e. The molecule has 3 rings (SSSR count). The number of hydrogen-bond acceptors (Lipinski definition) is 2. The van der Waals surface area contributed by atoms with Gasteiger partial charge in [0.05, 0.1) is 19.4 Å². The molecule has 0 atom stereocenters. The maximum absolute atomic E-state index is 12.0. The minimum atomic E-state index is -0.134. The number of furan rings is 1. The van der Waals surface area contributed by atoms with Gasteiger partial charge in [0, 0.05) is 18.3 Å². The van der Waals surface area contributed by atoms with Crippen LogP contribution in [0.15, 0.2) is 53.1 Å². The standard InChI is InChI=1S/C16H17N3O2/c1-19(11-14-6-4-8-21-14)16(20)17-10-13-9-12-5-2-3-7-15(12)18-13/h2-9,18H,10-11H2,1H3,(H,17,20). The molecule has 1 aromatic carbocycles. The van der Waals surface area contributed by atoms with Crippen molar-refractivity contribution < 1.29 is 9.21 Å². The number of carbonyl (C=O) groups excluding carboxylic acids is 1. The lowest BCUT2D eigenvalue weighted by Gasteiger charge is -2.16. The predicted octanol–water partition coefficient (Wildman–Crippen LogP) is 3.10. The summed E-state index contributed by atoms with van der Waals surface area (Å²) in [6, 6.07) is 13.6. The molecule has 0 saturated heterocycles. The van der Waals surface area contributed by atoms with E-state index in [0.29, 0.717) is 13.1 Å². The normalized spacial score (nSPS) is 10.7. The summed E-state index contributed by atoms with van der Waals surface area (Å²) in [4.78, 5) is 16.9. The van der Waals surface area contributed by atoms with Crippen LogP contribution in [0.3, 0.4) is 0 Å². The van der Waals surface area contributed by atoms with Gasteiger partial charge < -0.3 is 19.6 Å². The van der Waals surface area contributed by atoms with Crippen LogP contribution in [0.5, 0.6) is 0 Å². The van der Waals surface area contributed by atoms with Crippen LogP contribution in [0.4, 0.5) is 4.79 Å². The number of amides is 2. The molecule has 0 bridgehead atoms. The molecule has 2 heterocycles. The molecule has 2 amide bonds. The van der Waals surface area contributed by atoms with Crippen LogP contribution in [0, 0.1) is 0 Å². The average molecular weight is 283 g/mol. The molecule has 0 radical (unpaired) electrons. The van der Waals surface area contributed by atoms with Crippen LogP contribution in [0.1, 0.15) is 11.5 Å². The first-order chi connectivity index (χ1) is 10.2. The van der Waals surface area contributed by atoms with Gasteiger partial charge >= 0.3 is 6.03 Å². The molecule has 2 aromatic heterocycles. The molecule has 0 aliphatic carbocycles. The van der Waals surface area contributed by atoms with E-state index in [1.165, 1.54) is 0 Å². The van der Waals surface area contributed by atoms with Gasteiger partial charge in [-0.1, -0.05) is 18.2 Å². The van der Waals surface area contributed by atoms with Crippen LogP contribution in [0.25, 0.3) is 10.9 Å². The van der Waals surface area contributed by atoms with Gasteiger partial charge in [0.1, 0.15) is 5.76 Å². The number of rotatable bonds is 4. The molecule has 108 valence electrons. The Morgan fingerprint density at radius 1 is 1.29 bits per heavy atom. The van der Waals surface area contributed by atoms with Gasteiger partial charge in [-0.3, -0.25) is 0 Å². The first kappa shape index (κ1) is 13.3. The second-order valence-electron chi connectivity index (χ2n) is 4.98. The molecular weight excluding hydrogens is 266 g/mol. The van der Waals surface area contributed by atoms with Gasteiger partial charge in [-0.2, -0.15) is 0 Å². The van der Waals surface area contributed by atoms with Crippen LogP contribution in [0.2, 0.25) is 0 Å². The fourth-order valence-electron chi connectivity index (χ4n) is 2.24. The van der Waals surface area contributed by atoms with Crippen molar-refractivity contribution in [2.45, 2.75) is 13.1 Å². The van der Waals surface area contributed by atoms with E-state index < -0.39 is 0 Å². The molecule has 0 fully saturated rings. The Morgan fingerprint density at radius 3 is 2.90 bits per heavy atom. The number of aromatic nitrogens is 1. The van der Waals surface area contributed by atoms with E-state index in [1.54, 1.807) is 18.2 Å². The summed E-state index contributed by atoms with van der Waals surface area (Å²) in [5.41, 5.74) is 2.06. The highest BCUT2D eigenvalue weighted by Gasteiger charge is 2.10. The quantitative estimate of drug-likeness (QED) is 0.773. The second-order valence-corrected chi connectivity index (χ2v) is 4.98. The van der Waals surface area contributed by atoms with E-state index in [-0.39, 0.29) is 6.03 Å². The number of hydrogen-bond donors (Lipinski definition) is 2. The number of fused-ring (bicyclic) bond motifs is 1. The zero-order chi connectivity index (χ0) is 14.7. The molecular formula is C16H17N3O2. The van der Waals surface area contributed by atoms with E-state index in [4.69, 9.17) is 4.42 Å². The Balaban J connectivity index is 1.57. The Hall–Kier alpha value is -2.69. The van der Waals surface area contributed by atoms with Crippen molar-refractivity contribution in [1.29, 1.82) is 0 Å². The monoisotopic (exact) mass is 283 g/mol. The summed E-state index contributed by atoms with van der Waals surface area (Å²) in [6.45, 7) is 0.918. The third-order valence-electron chi connectivity index (χ3n) is 3.34. The molecule has 21 heavy (non-hydrogen) atoms. The lowest BCUT2D eigenvalue weighted by atomic mass is 10.2. The fraction of sp³-hybridized carbons (Fsp3) is 0.188. The number of urea groups is 1. The molecule has 0 unspecified atom stereocenters. The number of aromatic amines is 1. The summed E-state index contributed by atoms with van der Waals surface area (Å²) in [6.07, 6.45) is 1.60. The molecule has 2 N–H and O–H groups in total. The first-order valence-electron chi connectivity index (χ1n) is 6.80. The number of nitrogens with one attached hydrogen (secondary N) is 2. The van der Waals surface area contributed by atoms with Gasteiger partial charge in [-0.05, 0) is 29.7 Å². The highest BCUT2D eigenvalue weighted by molar-refractivity contribution is 5.80. The highest BCUT2D eigenvalue weighted by atomic mass is 16.3. The minimum Gasteiger partial charge on any atom is -0.467 e. The Kier molecular flexibility index (Phi) is 3.64. The van der Waals surface area contributed by atoms with Crippen molar-refractivity contribution in [2.75, 3.05) is 7.05 Å². The molecule has 3 aromatic rings. The van der Waals surface area contributed by atoms with Gasteiger partial charge in [0.15, 0.2) is 0 Å². The third kappa shape index (κ3) is 3.08. The number of carbonyl (C=O) groups is 1. The zero-order valence-electron chi connectivity index (χ0n) is 11.8. The lowest BCUT2D eigenvalue weighted by Crippen LogP contribution is -2.36. The number of benzene rings is 1. The first-order valence-corrected chi connectivity index (χ1v) is 6.80.